The number of benzene rings is 3. The van der Waals surface area contributed by atoms with Gasteiger partial charge in [0.25, 0.3) is 5.91 Å². The number of thioether (sulfide) groups is 1. The normalized spacial score (nSPS) is 10.1. The number of carbonyl (C=O) groups excluding carboxylic acids is 1. The van der Waals surface area contributed by atoms with Gasteiger partial charge in [-0.05, 0) is 66.4 Å². The number of hydrogen-bond acceptors (Lipinski definition) is 4. The van der Waals surface area contributed by atoms with Crippen molar-refractivity contribution in [2.75, 3.05) is 11.6 Å². The van der Waals surface area contributed by atoms with Gasteiger partial charge in [-0.2, -0.15) is 5.26 Å². The first-order chi connectivity index (χ1) is 13.2. The van der Waals surface area contributed by atoms with Crippen LogP contribution < -0.4 is 10.1 Å². The van der Waals surface area contributed by atoms with E-state index in [1.54, 1.807) is 54.2 Å². The van der Waals surface area contributed by atoms with E-state index >= 15 is 0 Å². The number of nitrogens with one attached hydrogen (secondary N) is 1. The predicted octanol–water partition coefficient (Wildman–Crippen LogP) is 5.11. The molecular formula is C22H18N2O2S. The lowest BCUT2D eigenvalue weighted by atomic mass is 10.2. The number of ether oxygens (including phenoxy) is 1. The number of nitriles is 1. The highest BCUT2D eigenvalue weighted by Crippen LogP contribution is 2.19. The van der Waals surface area contributed by atoms with Crippen molar-refractivity contribution in [1.29, 1.82) is 5.26 Å². The van der Waals surface area contributed by atoms with Gasteiger partial charge < -0.3 is 10.1 Å². The molecule has 3 rings (SSSR count). The van der Waals surface area contributed by atoms with Crippen molar-refractivity contribution in [2.45, 2.75) is 11.5 Å². The Morgan fingerprint density at radius 2 is 1.81 bits per heavy atom. The lowest BCUT2D eigenvalue weighted by molar-refractivity contribution is 0.102. The molecule has 0 unspecified atom stereocenters. The van der Waals surface area contributed by atoms with E-state index in [0.29, 0.717) is 29.2 Å². The van der Waals surface area contributed by atoms with Gasteiger partial charge in [0.2, 0.25) is 0 Å². The van der Waals surface area contributed by atoms with Crippen molar-refractivity contribution in [1.82, 2.24) is 0 Å². The first kappa shape index (κ1) is 18.6. The fourth-order valence-corrected chi connectivity index (χ4v) is 2.86. The molecule has 0 saturated heterocycles. The third-order valence-electron chi connectivity index (χ3n) is 3.93. The first-order valence-electron chi connectivity index (χ1n) is 8.35. The van der Waals surface area contributed by atoms with Crippen LogP contribution in [0.25, 0.3) is 0 Å². The average Bonchev–Trinajstić information content (AvgIpc) is 2.73. The number of carbonyl (C=O) groups is 1. The molecule has 3 aromatic rings. The molecule has 0 heterocycles. The highest BCUT2D eigenvalue weighted by molar-refractivity contribution is 7.98. The van der Waals surface area contributed by atoms with Crippen LogP contribution in [0.3, 0.4) is 0 Å². The van der Waals surface area contributed by atoms with E-state index in [1.165, 1.54) is 4.90 Å². The van der Waals surface area contributed by atoms with Crippen LogP contribution in [0.2, 0.25) is 0 Å². The lowest BCUT2D eigenvalue weighted by Gasteiger charge is -2.09. The minimum absolute atomic E-state index is 0.227. The summed E-state index contributed by atoms with van der Waals surface area (Å²) in [5.41, 5.74) is 2.77. The van der Waals surface area contributed by atoms with E-state index in [-0.39, 0.29) is 5.91 Å². The minimum Gasteiger partial charge on any atom is -0.489 e. The molecule has 3 aromatic carbocycles. The molecule has 0 fully saturated rings. The molecule has 134 valence electrons. The van der Waals surface area contributed by atoms with Gasteiger partial charge in [-0.15, -0.1) is 11.8 Å². The first-order valence-corrected chi connectivity index (χ1v) is 9.58. The zero-order chi connectivity index (χ0) is 19.1. The summed E-state index contributed by atoms with van der Waals surface area (Å²) in [5, 5.41) is 11.6. The third kappa shape index (κ3) is 5.13. The van der Waals surface area contributed by atoms with E-state index in [9.17, 15) is 4.79 Å². The summed E-state index contributed by atoms with van der Waals surface area (Å²) in [7, 11) is 0. The summed E-state index contributed by atoms with van der Waals surface area (Å²) in [6, 6.07) is 24.0. The quantitative estimate of drug-likeness (QED) is 0.609. The zero-order valence-corrected chi connectivity index (χ0v) is 15.6. The van der Waals surface area contributed by atoms with Crippen molar-refractivity contribution in [3.8, 4) is 11.8 Å². The number of nitrogens with zero attached hydrogens (tertiary/aromatic N) is 1. The van der Waals surface area contributed by atoms with Crippen LogP contribution >= 0.6 is 11.8 Å². The lowest BCUT2D eigenvalue weighted by Crippen LogP contribution is -2.12. The maximum Gasteiger partial charge on any atom is 0.255 e. The average molecular weight is 374 g/mol. The summed E-state index contributed by atoms with van der Waals surface area (Å²) >= 11 is 1.70. The van der Waals surface area contributed by atoms with Crippen LogP contribution in [0.15, 0.2) is 77.7 Å². The van der Waals surface area contributed by atoms with Gasteiger partial charge in [0, 0.05) is 16.1 Å². The Labute approximate surface area is 162 Å². The highest BCUT2D eigenvalue weighted by Gasteiger charge is 2.08. The second kappa shape index (κ2) is 8.93. The molecule has 1 N–H and O–H groups in total. The molecule has 0 radical (unpaired) electrons. The summed E-state index contributed by atoms with van der Waals surface area (Å²) in [6.45, 7) is 0.440. The zero-order valence-electron chi connectivity index (χ0n) is 14.8. The monoisotopic (exact) mass is 374 g/mol. The molecule has 0 aliphatic rings. The summed E-state index contributed by atoms with van der Waals surface area (Å²) in [6.07, 6.45) is 2.04. The van der Waals surface area contributed by atoms with E-state index in [4.69, 9.17) is 10.00 Å². The number of amides is 1. The minimum atomic E-state index is -0.227. The SMILES string of the molecule is CSc1ccc(COc2cccc(C(=O)Nc3ccc(C#N)cc3)c2)cc1. The van der Waals surface area contributed by atoms with Crippen LogP contribution in [0.4, 0.5) is 5.69 Å². The van der Waals surface area contributed by atoms with Gasteiger partial charge >= 0.3 is 0 Å². The van der Waals surface area contributed by atoms with Gasteiger partial charge in [-0.3, -0.25) is 4.79 Å². The molecule has 4 nitrogen and oxygen atoms in total. The Kier molecular flexibility index (Phi) is 6.14. The summed E-state index contributed by atoms with van der Waals surface area (Å²) in [4.78, 5) is 13.6. The van der Waals surface area contributed by atoms with E-state index in [1.807, 2.05) is 24.5 Å². The molecule has 0 saturated carbocycles. The Bertz CT molecular complexity index is 961. The standard InChI is InChI=1S/C22H18N2O2S/c1-27-21-11-7-17(8-12-21)15-26-20-4-2-3-18(13-20)22(25)24-19-9-5-16(14-23)6-10-19/h2-13H,15H2,1H3,(H,24,25). The largest absolute Gasteiger partial charge is 0.489 e. The van der Waals surface area contributed by atoms with Crippen molar-refractivity contribution in [3.05, 3.63) is 89.5 Å². The van der Waals surface area contributed by atoms with Crippen molar-refractivity contribution in [2.24, 2.45) is 0 Å². The fourth-order valence-electron chi connectivity index (χ4n) is 2.45. The van der Waals surface area contributed by atoms with Gasteiger partial charge in [0.1, 0.15) is 12.4 Å². The number of anilines is 1. The molecule has 0 aromatic heterocycles. The molecule has 0 atom stereocenters. The van der Waals surface area contributed by atoms with Crippen molar-refractivity contribution >= 4 is 23.4 Å². The molecule has 5 heteroatoms. The smallest absolute Gasteiger partial charge is 0.255 e. The fraction of sp³-hybridized carbons (Fsp3) is 0.0909. The second-order valence-corrected chi connectivity index (χ2v) is 6.69. The molecule has 0 spiro atoms. The Balaban J connectivity index is 1.63. The maximum absolute atomic E-state index is 12.4. The van der Waals surface area contributed by atoms with Gasteiger partial charge in [-0.25, -0.2) is 0 Å². The Morgan fingerprint density at radius 3 is 2.48 bits per heavy atom. The van der Waals surface area contributed by atoms with Crippen LogP contribution in [0.5, 0.6) is 5.75 Å². The van der Waals surface area contributed by atoms with Crippen LogP contribution in [-0.4, -0.2) is 12.2 Å². The molecule has 1 amide bonds. The highest BCUT2D eigenvalue weighted by atomic mass is 32.2. The third-order valence-corrected chi connectivity index (χ3v) is 4.68. The predicted molar refractivity (Wildman–Crippen MR) is 108 cm³/mol. The maximum atomic E-state index is 12.4. The van der Waals surface area contributed by atoms with Gasteiger partial charge in [0.15, 0.2) is 0 Å². The molecule has 0 aliphatic carbocycles. The van der Waals surface area contributed by atoms with Crippen LogP contribution in [0, 0.1) is 11.3 Å². The van der Waals surface area contributed by atoms with E-state index in [2.05, 4.69) is 23.5 Å². The van der Waals surface area contributed by atoms with Crippen molar-refractivity contribution < 1.29 is 9.53 Å². The topological polar surface area (TPSA) is 62.1 Å². The second-order valence-electron chi connectivity index (χ2n) is 5.81. The molecular weight excluding hydrogens is 356 g/mol. The Hall–Kier alpha value is -3.23. The van der Waals surface area contributed by atoms with E-state index in [0.717, 1.165) is 5.56 Å². The number of hydrogen-bond donors (Lipinski definition) is 1. The van der Waals surface area contributed by atoms with Crippen LogP contribution in [0.1, 0.15) is 21.5 Å². The number of rotatable bonds is 6. The van der Waals surface area contributed by atoms with Gasteiger partial charge in [-0.1, -0.05) is 18.2 Å². The van der Waals surface area contributed by atoms with Gasteiger partial charge in [0.05, 0.1) is 11.6 Å². The van der Waals surface area contributed by atoms with E-state index < -0.39 is 0 Å². The molecule has 0 aliphatic heterocycles. The summed E-state index contributed by atoms with van der Waals surface area (Å²) < 4.78 is 5.81. The molecule has 0 bridgehead atoms. The van der Waals surface area contributed by atoms with Crippen LogP contribution in [-0.2, 0) is 6.61 Å². The molecule has 27 heavy (non-hydrogen) atoms. The van der Waals surface area contributed by atoms with Crippen molar-refractivity contribution in [3.63, 3.8) is 0 Å². The Morgan fingerprint density at radius 1 is 1.07 bits per heavy atom. The summed E-state index contributed by atoms with van der Waals surface area (Å²) in [5.74, 6) is 0.408.